The van der Waals surface area contributed by atoms with E-state index in [1.54, 1.807) is 6.33 Å². The van der Waals surface area contributed by atoms with E-state index in [1.807, 2.05) is 22.7 Å². The van der Waals surface area contributed by atoms with Crippen LogP contribution in [0.1, 0.15) is 50.6 Å². The molecule has 4 rings (SSSR count). The molecule has 1 aliphatic carbocycles. The van der Waals surface area contributed by atoms with Gasteiger partial charge in [0.05, 0.1) is 49.9 Å². The first-order valence-electron chi connectivity index (χ1n) is 11.9. The molecule has 1 aromatic rings. The van der Waals surface area contributed by atoms with E-state index in [4.69, 9.17) is 9.47 Å². The smallest absolute Gasteiger partial charge is 0.226 e. The van der Waals surface area contributed by atoms with Crippen LogP contribution in [0.5, 0.6) is 0 Å². The van der Waals surface area contributed by atoms with Crippen LogP contribution in [0.3, 0.4) is 0 Å². The predicted molar refractivity (Wildman–Crippen MR) is 117 cm³/mol. The molecule has 0 bridgehead atoms. The number of nitrogens with one attached hydrogen (secondary N) is 1. The predicted octanol–water partition coefficient (Wildman–Crippen LogP) is 0.795. The number of amides is 2. The summed E-state index contributed by atoms with van der Waals surface area (Å²) in [6, 6.07) is -0.110. The SMILES string of the molecule is Cn1cnc(CCNC(=O)C[C@H]2CC[C@@H]3[C@H](COC[C@H](O)CN3C(=O)C3CCCC3)O2)c1. The van der Waals surface area contributed by atoms with Crippen molar-refractivity contribution in [3.05, 3.63) is 18.2 Å². The number of aromatic nitrogens is 2. The second-order valence-electron chi connectivity index (χ2n) is 9.44. The van der Waals surface area contributed by atoms with Gasteiger partial charge in [-0.2, -0.15) is 0 Å². The molecule has 178 valence electrons. The van der Waals surface area contributed by atoms with Crippen molar-refractivity contribution in [2.75, 3.05) is 26.3 Å². The maximum Gasteiger partial charge on any atom is 0.226 e. The quantitative estimate of drug-likeness (QED) is 0.667. The Morgan fingerprint density at radius 3 is 2.78 bits per heavy atom. The van der Waals surface area contributed by atoms with Gasteiger partial charge in [-0.25, -0.2) is 4.98 Å². The Labute approximate surface area is 189 Å². The van der Waals surface area contributed by atoms with E-state index < -0.39 is 6.10 Å². The molecule has 2 N–H and O–H groups in total. The summed E-state index contributed by atoms with van der Waals surface area (Å²) in [6.07, 6.45) is 9.06. The molecule has 3 aliphatic rings. The summed E-state index contributed by atoms with van der Waals surface area (Å²) in [5.41, 5.74) is 0.949. The highest BCUT2D eigenvalue weighted by Crippen LogP contribution is 2.32. The van der Waals surface area contributed by atoms with Crippen LogP contribution in [0.4, 0.5) is 0 Å². The molecule has 2 saturated heterocycles. The number of aliphatic hydroxyl groups is 1. The number of nitrogens with zero attached hydrogens (tertiary/aromatic N) is 3. The van der Waals surface area contributed by atoms with Crippen LogP contribution in [0.15, 0.2) is 12.5 Å². The molecule has 2 aliphatic heterocycles. The van der Waals surface area contributed by atoms with E-state index in [9.17, 15) is 14.7 Å². The molecule has 4 atom stereocenters. The lowest BCUT2D eigenvalue weighted by molar-refractivity contribution is -0.171. The highest BCUT2D eigenvalue weighted by Gasteiger charge is 2.41. The van der Waals surface area contributed by atoms with E-state index in [0.717, 1.165) is 37.8 Å². The molecule has 3 fully saturated rings. The lowest BCUT2D eigenvalue weighted by atomic mass is 9.93. The molecule has 1 aromatic heterocycles. The summed E-state index contributed by atoms with van der Waals surface area (Å²) < 4.78 is 13.8. The van der Waals surface area contributed by atoms with Crippen LogP contribution in [-0.2, 0) is 32.5 Å². The van der Waals surface area contributed by atoms with Gasteiger partial charge in [0.1, 0.15) is 6.10 Å². The fourth-order valence-corrected chi connectivity index (χ4v) is 5.21. The molecule has 9 nitrogen and oxygen atoms in total. The van der Waals surface area contributed by atoms with Gasteiger partial charge in [-0.15, -0.1) is 0 Å². The molecule has 9 heteroatoms. The molecular formula is C23H36N4O5. The van der Waals surface area contributed by atoms with Crippen LogP contribution in [0.2, 0.25) is 0 Å². The highest BCUT2D eigenvalue weighted by atomic mass is 16.5. The van der Waals surface area contributed by atoms with Gasteiger partial charge in [0.25, 0.3) is 0 Å². The average Bonchev–Trinajstić information content (AvgIpc) is 3.43. The van der Waals surface area contributed by atoms with Crippen LogP contribution >= 0.6 is 0 Å². The summed E-state index contributed by atoms with van der Waals surface area (Å²) in [5, 5.41) is 13.2. The van der Waals surface area contributed by atoms with Crippen molar-refractivity contribution in [3.8, 4) is 0 Å². The molecule has 0 unspecified atom stereocenters. The van der Waals surface area contributed by atoms with Crippen molar-refractivity contribution in [2.45, 2.75) is 75.7 Å². The number of carbonyl (C=O) groups is 2. The summed E-state index contributed by atoms with van der Waals surface area (Å²) >= 11 is 0. The second kappa shape index (κ2) is 10.8. The number of hydrogen-bond donors (Lipinski definition) is 2. The van der Waals surface area contributed by atoms with E-state index in [2.05, 4.69) is 10.3 Å². The number of carbonyl (C=O) groups excluding carboxylic acids is 2. The fraction of sp³-hybridized carbons (Fsp3) is 0.783. The van der Waals surface area contributed by atoms with Gasteiger partial charge in [-0.05, 0) is 25.7 Å². The van der Waals surface area contributed by atoms with Crippen LogP contribution in [0.25, 0.3) is 0 Å². The van der Waals surface area contributed by atoms with Crippen molar-refractivity contribution in [2.24, 2.45) is 13.0 Å². The number of β-amino-alcohol motifs (C(OH)–C–C–N with tert-alkyl or cyclic N) is 1. The number of imidazole rings is 1. The number of aryl methyl sites for hydroxylation is 1. The Morgan fingerprint density at radius 1 is 1.22 bits per heavy atom. The third-order valence-corrected chi connectivity index (χ3v) is 6.84. The molecule has 3 heterocycles. The maximum absolute atomic E-state index is 13.2. The molecule has 32 heavy (non-hydrogen) atoms. The summed E-state index contributed by atoms with van der Waals surface area (Å²) in [5.74, 6) is 0.170. The van der Waals surface area contributed by atoms with Crippen LogP contribution < -0.4 is 5.32 Å². The topological polar surface area (TPSA) is 106 Å². The highest BCUT2D eigenvalue weighted by molar-refractivity contribution is 5.79. The van der Waals surface area contributed by atoms with Crippen molar-refractivity contribution in [1.29, 1.82) is 0 Å². The second-order valence-corrected chi connectivity index (χ2v) is 9.44. The third kappa shape index (κ3) is 5.88. The van der Waals surface area contributed by atoms with Crippen LogP contribution in [-0.4, -0.2) is 82.0 Å². The Morgan fingerprint density at radius 2 is 2.03 bits per heavy atom. The zero-order valence-corrected chi connectivity index (χ0v) is 18.9. The van der Waals surface area contributed by atoms with Crippen molar-refractivity contribution < 1.29 is 24.2 Å². The number of aliphatic hydroxyl groups excluding tert-OH is 1. The summed E-state index contributed by atoms with van der Waals surface area (Å²) in [6.45, 7) is 1.35. The van der Waals surface area contributed by atoms with E-state index in [0.29, 0.717) is 39.0 Å². The van der Waals surface area contributed by atoms with E-state index in [-0.39, 0.29) is 42.6 Å². The van der Waals surface area contributed by atoms with Gasteiger partial charge in [0, 0.05) is 38.7 Å². The first-order chi connectivity index (χ1) is 15.5. The van der Waals surface area contributed by atoms with Gasteiger partial charge < -0.3 is 29.4 Å². The maximum atomic E-state index is 13.2. The zero-order chi connectivity index (χ0) is 22.5. The lowest BCUT2D eigenvalue weighted by Crippen LogP contribution is -2.58. The number of hydrogen-bond acceptors (Lipinski definition) is 6. The van der Waals surface area contributed by atoms with Crippen molar-refractivity contribution in [3.63, 3.8) is 0 Å². The van der Waals surface area contributed by atoms with E-state index >= 15 is 0 Å². The Bertz CT molecular complexity index is 778. The molecule has 0 spiro atoms. The standard InChI is InChI=1S/C23H36N4O5/c1-26-11-17(25-15-26)8-9-24-22(29)10-19-6-7-20-21(32-19)14-31-13-18(28)12-27(20)23(30)16-4-2-3-5-16/h11,15-16,18-21,28H,2-10,12-14H2,1H3,(H,24,29)/t18-,19-,20-,21+/m1/s1. The summed E-state index contributed by atoms with van der Waals surface area (Å²) in [7, 11) is 1.92. The van der Waals surface area contributed by atoms with Gasteiger partial charge in [-0.1, -0.05) is 12.8 Å². The van der Waals surface area contributed by atoms with Gasteiger partial charge in [0.2, 0.25) is 11.8 Å². The minimum atomic E-state index is -0.677. The normalized spacial score (nSPS) is 29.2. The number of fused-ring (bicyclic) bond motifs is 1. The molecule has 2 amide bonds. The lowest BCUT2D eigenvalue weighted by Gasteiger charge is -2.45. The van der Waals surface area contributed by atoms with Crippen molar-refractivity contribution >= 4 is 11.8 Å². The Hall–Kier alpha value is -1.97. The largest absolute Gasteiger partial charge is 0.389 e. The minimum Gasteiger partial charge on any atom is -0.389 e. The van der Waals surface area contributed by atoms with Gasteiger partial charge >= 0.3 is 0 Å². The van der Waals surface area contributed by atoms with E-state index in [1.165, 1.54) is 0 Å². The molecule has 0 aromatic carbocycles. The molecule has 1 saturated carbocycles. The average molecular weight is 449 g/mol. The minimum absolute atomic E-state index is 0.0366. The zero-order valence-electron chi connectivity index (χ0n) is 18.9. The first-order valence-corrected chi connectivity index (χ1v) is 11.9. The monoisotopic (exact) mass is 448 g/mol. The molecular weight excluding hydrogens is 412 g/mol. The Balaban J connectivity index is 1.30. The van der Waals surface area contributed by atoms with Gasteiger partial charge in [0.15, 0.2) is 0 Å². The van der Waals surface area contributed by atoms with Crippen molar-refractivity contribution in [1.82, 2.24) is 19.8 Å². The fourth-order valence-electron chi connectivity index (χ4n) is 5.21. The van der Waals surface area contributed by atoms with Gasteiger partial charge in [-0.3, -0.25) is 9.59 Å². The number of ether oxygens (including phenoxy) is 2. The molecule has 0 radical (unpaired) electrons. The van der Waals surface area contributed by atoms with Crippen LogP contribution in [0, 0.1) is 5.92 Å². The number of rotatable bonds is 6. The summed E-state index contributed by atoms with van der Waals surface area (Å²) in [4.78, 5) is 31.8. The third-order valence-electron chi connectivity index (χ3n) is 6.84. The Kier molecular flexibility index (Phi) is 7.80. The first kappa shape index (κ1) is 23.2.